The SMILES string of the molecule is COc1cccc(C2C(C(=O)C(C)(C)C)N3c4ccc(Cl)cc4C=CC3C23C(=O)c2ccccc2C3=O)c1. The molecule has 3 aromatic rings. The zero-order valence-electron chi connectivity index (χ0n) is 21.7. The lowest BCUT2D eigenvalue weighted by atomic mass is 9.63. The number of anilines is 1. The van der Waals surface area contributed by atoms with E-state index >= 15 is 0 Å². The number of methoxy groups -OCH3 is 1. The second kappa shape index (κ2) is 8.40. The quantitative estimate of drug-likeness (QED) is 0.370. The molecule has 3 aliphatic rings. The molecule has 0 amide bonds. The van der Waals surface area contributed by atoms with Gasteiger partial charge in [-0.3, -0.25) is 14.4 Å². The third-order valence-electron chi connectivity index (χ3n) is 8.23. The maximum absolute atomic E-state index is 14.6. The molecule has 3 aromatic carbocycles. The van der Waals surface area contributed by atoms with Gasteiger partial charge >= 0.3 is 0 Å². The third-order valence-corrected chi connectivity index (χ3v) is 8.46. The summed E-state index contributed by atoms with van der Waals surface area (Å²) in [5, 5.41) is 0.573. The van der Waals surface area contributed by atoms with Gasteiger partial charge in [-0.15, -0.1) is 0 Å². The van der Waals surface area contributed by atoms with Gasteiger partial charge < -0.3 is 9.64 Å². The van der Waals surface area contributed by atoms with Crippen molar-refractivity contribution in [2.45, 2.75) is 38.8 Å². The first kappa shape index (κ1) is 24.6. The molecule has 0 N–H and O–H groups in total. The van der Waals surface area contributed by atoms with Crippen LogP contribution in [0.5, 0.6) is 5.75 Å². The van der Waals surface area contributed by atoms with Crippen LogP contribution in [0.15, 0.2) is 72.8 Å². The average molecular weight is 526 g/mol. The van der Waals surface area contributed by atoms with Crippen molar-refractivity contribution in [2.75, 3.05) is 12.0 Å². The number of ether oxygens (including phenoxy) is 1. The first-order valence-electron chi connectivity index (χ1n) is 12.7. The van der Waals surface area contributed by atoms with Crippen LogP contribution in [-0.4, -0.2) is 36.5 Å². The molecular weight excluding hydrogens is 498 g/mol. The molecule has 0 saturated carbocycles. The highest BCUT2D eigenvalue weighted by molar-refractivity contribution is 6.32. The number of carbonyl (C=O) groups is 3. The third kappa shape index (κ3) is 3.21. The second-order valence-electron chi connectivity index (χ2n) is 11.3. The van der Waals surface area contributed by atoms with Gasteiger partial charge in [0, 0.05) is 33.2 Å². The van der Waals surface area contributed by atoms with E-state index < -0.39 is 28.8 Å². The van der Waals surface area contributed by atoms with Crippen molar-refractivity contribution in [3.05, 3.63) is 100 Å². The number of hydrogen-bond donors (Lipinski definition) is 0. The number of benzene rings is 3. The first-order valence-corrected chi connectivity index (χ1v) is 13.1. The lowest BCUT2D eigenvalue weighted by Crippen LogP contribution is -2.49. The van der Waals surface area contributed by atoms with E-state index in [1.807, 2.05) is 74.2 Å². The van der Waals surface area contributed by atoms with E-state index in [2.05, 4.69) is 0 Å². The van der Waals surface area contributed by atoms with E-state index in [9.17, 15) is 14.4 Å². The molecule has 1 saturated heterocycles. The summed E-state index contributed by atoms with van der Waals surface area (Å²) in [6.45, 7) is 5.65. The van der Waals surface area contributed by atoms with Gasteiger partial charge in [0.2, 0.25) is 0 Å². The van der Waals surface area contributed by atoms with Crippen LogP contribution in [0.1, 0.15) is 58.5 Å². The van der Waals surface area contributed by atoms with Gasteiger partial charge in [0.25, 0.3) is 0 Å². The van der Waals surface area contributed by atoms with Crippen molar-refractivity contribution in [3.8, 4) is 5.75 Å². The minimum absolute atomic E-state index is 0.0417. The lowest BCUT2D eigenvalue weighted by Gasteiger charge is -2.38. The summed E-state index contributed by atoms with van der Waals surface area (Å²) < 4.78 is 5.54. The number of ketones is 3. The molecular formula is C32H28ClNO4. The molecule has 192 valence electrons. The highest BCUT2D eigenvalue weighted by atomic mass is 35.5. The molecule has 6 rings (SSSR count). The Hall–Kier alpha value is -3.70. The molecule has 3 unspecified atom stereocenters. The van der Waals surface area contributed by atoms with Crippen LogP contribution in [0.2, 0.25) is 5.02 Å². The number of nitrogens with zero attached hydrogens (tertiary/aromatic N) is 1. The fraction of sp³-hybridized carbons (Fsp3) is 0.281. The molecule has 0 bridgehead atoms. The van der Waals surface area contributed by atoms with Crippen molar-refractivity contribution in [2.24, 2.45) is 10.8 Å². The zero-order chi connectivity index (χ0) is 27.0. The normalized spacial score (nSPS) is 22.9. The number of halogens is 1. The Kier molecular flexibility index (Phi) is 5.45. The maximum atomic E-state index is 14.6. The predicted octanol–water partition coefficient (Wildman–Crippen LogP) is 6.40. The van der Waals surface area contributed by atoms with Gasteiger partial charge in [0.1, 0.15) is 11.2 Å². The predicted molar refractivity (Wildman–Crippen MR) is 148 cm³/mol. The van der Waals surface area contributed by atoms with E-state index in [1.54, 1.807) is 37.4 Å². The zero-order valence-corrected chi connectivity index (χ0v) is 22.5. The number of Topliss-reactive ketones (excluding diaryl/α,β-unsaturated/α-hetero) is 3. The molecule has 3 atom stereocenters. The van der Waals surface area contributed by atoms with Crippen LogP contribution in [0.3, 0.4) is 0 Å². The average Bonchev–Trinajstić information content (AvgIpc) is 3.33. The Bertz CT molecular complexity index is 1510. The van der Waals surface area contributed by atoms with Gasteiger partial charge in [-0.05, 0) is 41.5 Å². The maximum Gasteiger partial charge on any atom is 0.180 e. The molecule has 6 heteroatoms. The summed E-state index contributed by atoms with van der Waals surface area (Å²) in [5.41, 5.74) is 0.912. The summed E-state index contributed by atoms with van der Waals surface area (Å²) in [6.07, 6.45) is 3.82. The van der Waals surface area contributed by atoms with Crippen LogP contribution in [0, 0.1) is 10.8 Å². The Morgan fingerprint density at radius 3 is 2.26 bits per heavy atom. The molecule has 2 aliphatic heterocycles. The highest BCUT2D eigenvalue weighted by Crippen LogP contribution is 2.61. The van der Waals surface area contributed by atoms with E-state index in [4.69, 9.17) is 16.3 Å². The van der Waals surface area contributed by atoms with Crippen LogP contribution in [-0.2, 0) is 4.79 Å². The monoisotopic (exact) mass is 525 g/mol. The van der Waals surface area contributed by atoms with Crippen molar-refractivity contribution in [1.82, 2.24) is 0 Å². The molecule has 1 spiro atoms. The van der Waals surface area contributed by atoms with E-state index in [-0.39, 0.29) is 17.3 Å². The number of hydrogen-bond acceptors (Lipinski definition) is 5. The van der Waals surface area contributed by atoms with E-state index in [1.165, 1.54) is 0 Å². The van der Waals surface area contributed by atoms with Crippen molar-refractivity contribution < 1.29 is 19.1 Å². The van der Waals surface area contributed by atoms with Gasteiger partial charge in [-0.1, -0.05) is 80.9 Å². The molecule has 1 aliphatic carbocycles. The van der Waals surface area contributed by atoms with Gasteiger partial charge in [-0.25, -0.2) is 0 Å². The molecule has 5 nitrogen and oxygen atoms in total. The Labute approximate surface area is 227 Å². The molecule has 0 radical (unpaired) electrons. The Morgan fingerprint density at radius 2 is 1.63 bits per heavy atom. The molecule has 1 fully saturated rings. The van der Waals surface area contributed by atoms with Crippen molar-refractivity contribution >= 4 is 40.7 Å². The largest absolute Gasteiger partial charge is 0.497 e. The highest BCUT2D eigenvalue weighted by Gasteiger charge is 2.71. The molecule has 0 aromatic heterocycles. The van der Waals surface area contributed by atoms with Crippen LogP contribution in [0.4, 0.5) is 5.69 Å². The molecule has 38 heavy (non-hydrogen) atoms. The fourth-order valence-electron chi connectivity index (χ4n) is 6.60. The topological polar surface area (TPSA) is 63.7 Å². The standard InChI is InChI=1S/C32H28ClNO4/c1-31(2,3)30(37)27-26(19-8-7-9-21(17-19)38-4)32(28(35)22-10-5-6-11-23(22)29(32)36)25-15-12-18-16-20(33)13-14-24(18)34(25)27/h5-17,25-27H,1-4H3. The number of rotatable bonds is 3. The molecule has 2 heterocycles. The van der Waals surface area contributed by atoms with E-state index in [0.717, 1.165) is 16.8 Å². The fourth-order valence-corrected chi connectivity index (χ4v) is 6.78. The summed E-state index contributed by atoms with van der Waals surface area (Å²) in [6, 6.07) is 18.5. The minimum atomic E-state index is -1.52. The lowest BCUT2D eigenvalue weighted by molar-refractivity contribution is -0.127. The summed E-state index contributed by atoms with van der Waals surface area (Å²) in [4.78, 5) is 45.5. The van der Waals surface area contributed by atoms with Crippen LogP contribution in [0.25, 0.3) is 6.08 Å². The van der Waals surface area contributed by atoms with Crippen molar-refractivity contribution in [1.29, 1.82) is 0 Å². The smallest absolute Gasteiger partial charge is 0.180 e. The van der Waals surface area contributed by atoms with Crippen LogP contribution < -0.4 is 9.64 Å². The summed E-state index contributed by atoms with van der Waals surface area (Å²) in [5.74, 6) is -0.671. The van der Waals surface area contributed by atoms with Gasteiger partial charge in [-0.2, -0.15) is 0 Å². The Morgan fingerprint density at radius 1 is 0.947 bits per heavy atom. The van der Waals surface area contributed by atoms with E-state index in [0.29, 0.717) is 21.9 Å². The summed E-state index contributed by atoms with van der Waals surface area (Å²) >= 11 is 6.34. The van der Waals surface area contributed by atoms with Gasteiger partial charge in [0.05, 0.1) is 19.2 Å². The van der Waals surface area contributed by atoms with Gasteiger partial charge in [0.15, 0.2) is 17.3 Å². The Balaban J connectivity index is 1.70. The minimum Gasteiger partial charge on any atom is -0.497 e. The number of carbonyl (C=O) groups excluding carboxylic acids is 3. The first-order chi connectivity index (χ1) is 18.1. The summed E-state index contributed by atoms with van der Waals surface area (Å²) in [7, 11) is 1.58. The van der Waals surface area contributed by atoms with Crippen LogP contribution >= 0.6 is 11.6 Å². The second-order valence-corrected chi connectivity index (χ2v) is 11.7. The van der Waals surface area contributed by atoms with Crippen molar-refractivity contribution in [3.63, 3.8) is 0 Å². The number of fused-ring (bicyclic) bond motifs is 5.